The van der Waals surface area contributed by atoms with E-state index in [0.29, 0.717) is 28.6 Å². The second-order valence-corrected chi connectivity index (χ2v) is 10.4. The first-order valence-corrected chi connectivity index (χ1v) is 13.9. The summed E-state index contributed by atoms with van der Waals surface area (Å²) in [6.45, 7) is 4.30. The standard InChI is InChI=1S/C29H38ClN3O3/c1-2-18-32-19-10-4-3-5-11-20-33(29(35)24-17-16-22(30)21-31-24)25-13-7-9-15-27(25)36-26-14-8-6-12-23(26)28(32)34/h6,8,12,14,16-17,21,25,27H,2-5,7,9-11,13,15,18-20H2,1H3/t25-,27+/m1/s1. The molecular weight excluding hydrogens is 474 g/mol. The number of amides is 2. The van der Waals surface area contributed by atoms with Crippen LogP contribution >= 0.6 is 11.6 Å². The number of nitrogens with zero attached hydrogens (tertiary/aromatic N) is 3. The molecule has 0 unspecified atom stereocenters. The first kappa shape index (κ1) is 26.5. The molecule has 2 aliphatic rings. The van der Waals surface area contributed by atoms with Crippen LogP contribution in [0.15, 0.2) is 42.6 Å². The Morgan fingerprint density at radius 1 is 1.00 bits per heavy atom. The number of benzene rings is 1. The van der Waals surface area contributed by atoms with Gasteiger partial charge in [0.15, 0.2) is 0 Å². The second-order valence-electron chi connectivity index (χ2n) is 9.92. The van der Waals surface area contributed by atoms with E-state index < -0.39 is 0 Å². The highest BCUT2D eigenvalue weighted by Crippen LogP contribution is 2.31. The monoisotopic (exact) mass is 511 g/mol. The minimum Gasteiger partial charge on any atom is -0.487 e. The van der Waals surface area contributed by atoms with Crippen LogP contribution in [0.5, 0.6) is 5.75 Å². The number of carbonyl (C=O) groups is 2. The van der Waals surface area contributed by atoms with E-state index in [2.05, 4.69) is 11.9 Å². The molecule has 1 aromatic carbocycles. The average Bonchev–Trinajstić information content (AvgIpc) is 2.90. The molecule has 1 aliphatic heterocycles. The Morgan fingerprint density at radius 3 is 2.53 bits per heavy atom. The normalized spacial score (nSPS) is 22.0. The van der Waals surface area contributed by atoms with E-state index in [4.69, 9.17) is 16.3 Å². The second kappa shape index (κ2) is 13.1. The van der Waals surface area contributed by atoms with Crippen molar-refractivity contribution < 1.29 is 14.3 Å². The van der Waals surface area contributed by atoms with Gasteiger partial charge in [-0.2, -0.15) is 0 Å². The highest BCUT2D eigenvalue weighted by atomic mass is 35.5. The van der Waals surface area contributed by atoms with Crippen molar-refractivity contribution in [3.8, 4) is 5.75 Å². The number of hydrogen-bond acceptors (Lipinski definition) is 4. The Morgan fingerprint density at radius 2 is 1.75 bits per heavy atom. The van der Waals surface area contributed by atoms with Crippen LogP contribution in [0.2, 0.25) is 5.02 Å². The van der Waals surface area contributed by atoms with E-state index in [9.17, 15) is 9.59 Å². The smallest absolute Gasteiger partial charge is 0.272 e. The summed E-state index contributed by atoms with van der Waals surface area (Å²) in [4.78, 5) is 35.5. The third kappa shape index (κ3) is 6.58. The van der Waals surface area contributed by atoms with Gasteiger partial charge in [0.2, 0.25) is 0 Å². The maximum absolute atomic E-state index is 13.7. The number of ether oxygens (including phenoxy) is 1. The van der Waals surface area contributed by atoms with E-state index in [1.54, 1.807) is 12.1 Å². The van der Waals surface area contributed by atoms with Crippen molar-refractivity contribution in [2.75, 3.05) is 19.6 Å². The van der Waals surface area contributed by atoms with E-state index in [0.717, 1.165) is 77.3 Å². The number of hydrogen-bond donors (Lipinski definition) is 0. The van der Waals surface area contributed by atoms with Crippen molar-refractivity contribution in [2.45, 2.75) is 83.3 Å². The summed E-state index contributed by atoms with van der Waals surface area (Å²) in [6, 6.07) is 10.9. The number of halogens is 1. The third-order valence-corrected chi connectivity index (χ3v) is 7.50. The predicted octanol–water partition coefficient (Wildman–Crippen LogP) is 6.38. The molecule has 1 saturated carbocycles. The lowest BCUT2D eigenvalue weighted by Crippen LogP contribution is -2.51. The summed E-state index contributed by atoms with van der Waals surface area (Å²) < 4.78 is 6.63. The molecule has 1 fully saturated rings. The summed E-state index contributed by atoms with van der Waals surface area (Å²) >= 11 is 6.03. The lowest BCUT2D eigenvalue weighted by molar-refractivity contribution is 0.0266. The zero-order valence-corrected chi connectivity index (χ0v) is 22.1. The van der Waals surface area contributed by atoms with Crippen LogP contribution in [-0.4, -0.2) is 58.4 Å². The van der Waals surface area contributed by atoms with Crippen LogP contribution in [-0.2, 0) is 0 Å². The minimum atomic E-state index is -0.172. The molecule has 7 heteroatoms. The Bertz CT molecular complexity index is 1010. The fraction of sp³-hybridized carbons (Fsp3) is 0.552. The largest absolute Gasteiger partial charge is 0.487 e. The van der Waals surface area contributed by atoms with Crippen molar-refractivity contribution >= 4 is 23.4 Å². The molecule has 0 spiro atoms. The van der Waals surface area contributed by atoms with Crippen molar-refractivity contribution in [1.29, 1.82) is 0 Å². The van der Waals surface area contributed by atoms with E-state index in [1.165, 1.54) is 6.20 Å². The predicted molar refractivity (Wildman–Crippen MR) is 143 cm³/mol. The lowest BCUT2D eigenvalue weighted by Gasteiger charge is -2.40. The van der Waals surface area contributed by atoms with Gasteiger partial charge in [0.1, 0.15) is 17.5 Å². The van der Waals surface area contributed by atoms with Gasteiger partial charge in [0, 0.05) is 25.8 Å². The number of carbonyl (C=O) groups excluding carboxylic acids is 2. The van der Waals surface area contributed by atoms with Crippen molar-refractivity contribution in [1.82, 2.24) is 14.8 Å². The van der Waals surface area contributed by atoms with Crippen LogP contribution < -0.4 is 4.74 Å². The summed E-state index contributed by atoms with van der Waals surface area (Å²) in [5, 5.41) is 0.515. The van der Waals surface area contributed by atoms with Crippen LogP contribution in [0.1, 0.15) is 92.0 Å². The van der Waals surface area contributed by atoms with Crippen LogP contribution in [0, 0.1) is 0 Å². The van der Waals surface area contributed by atoms with Gasteiger partial charge in [-0.05, 0) is 62.8 Å². The molecule has 1 aromatic heterocycles. The van der Waals surface area contributed by atoms with Crippen molar-refractivity contribution in [3.05, 3.63) is 58.9 Å². The maximum atomic E-state index is 13.7. The van der Waals surface area contributed by atoms with Crippen molar-refractivity contribution in [3.63, 3.8) is 0 Å². The van der Waals surface area contributed by atoms with E-state index >= 15 is 0 Å². The number of pyridine rings is 1. The molecule has 2 amide bonds. The van der Waals surface area contributed by atoms with Crippen LogP contribution in [0.25, 0.3) is 0 Å². The molecule has 1 aliphatic carbocycles. The molecule has 2 atom stereocenters. The fourth-order valence-electron chi connectivity index (χ4n) is 5.42. The molecule has 6 nitrogen and oxygen atoms in total. The Balaban J connectivity index is 1.66. The van der Waals surface area contributed by atoms with Gasteiger partial charge in [0.05, 0.1) is 16.6 Å². The first-order chi connectivity index (χ1) is 17.6. The highest BCUT2D eigenvalue weighted by molar-refractivity contribution is 6.30. The fourth-order valence-corrected chi connectivity index (χ4v) is 5.53. The third-order valence-electron chi connectivity index (χ3n) is 7.28. The summed E-state index contributed by atoms with van der Waals surface area (Å²) in [6.07, 6.45) is 11.2. The number of rotatable bonds is 3. The molecule has 2 aromatic rings. The zero-order valence-electron chi connectivity index (χ0n) is 21.3. The molecular formula is C29H38ClN3O3. The lowest BCUT2D eigenvalue weighted by atomic mass is 9.90. The topological polar surface area (TPSA) is 62.7 Å². The molecule has 0 saturated heterocycles. The molecule has 36 heavy (non-hydrogen) atoms. The highest BCUT2D eigenvalue weighted by Gasteiger charge is 2.36. The van der Waals surface area contributed by atoms with Gasteiger partial charge in [-0.25, -0.2) is 4.98 Å². The number of aromatic nitrogens is 1. The van der Waals surface area contributed by atoms with Gasteiger partial charge < -0.3 is 14.5 Å². The van der Waals surface area contributed by atoms with E-state index in [-0.39, 0.29) is 24.0 Å². The first-order valence-electron chi connectivity index (χ1n) is 13.6. The molecule has 0 bridgehead atoms. The summed E-state index contributed by atoms with van der Waals surface area (Å²) in [7, 11) is 0. The van der Waals surface area contributed by atoms with Crippen LogP contribution in [0.4, 0.5) is 0 Å². The number of fused-ring (bicyclic) bond motifs is 2. The van der Waals surface area contributed by atoms with Crippen LogP contribution in [0.3, 0.4) is 0 Å². The Labute approximate surface area is 220 Å². The summed E-state index contributed by atoms with van der Waals surface area (Å²) in [5.41, 5.74) is 1.02. The SMILES string of the molecule is CCCN1CCCCCCCN(C(=O)c2ccc(Cl)cn2)[C@@H]2CCCC[C@@H]2Oc2ccccc2C1=O. The average molecular weight is 512 g/mol. The maximum Gasteiger partial charge on any atom is 0.272 e. The minimum absolute atomic E-state index is 0.0352. The zero-order chi connectivity index (χ0) is 25.3. The molecule has 0 N–H and O–H groups in total. The van der Waals surface area contributed by atoms with E-state index in [1.807, 2.05) is 34.1 Å². The molecule has 194 valence electrons. The Kier molecular flexibility index (Phi) is 9.62. The molecule has 0 radical (unpaired) electrons. The van der Waals surface area contributed by atoms with Crippen molar-refractivity contribution in [2.24, 2.45) is 0 Å². The van der Waals surface area contributed by atoms with Gasteiger partial charge in [-0.15, -0.1) is 0 Å². The van der Waals surface area contributed by atoms with Gasteiger partial charge >= 0.3 is 0 Å². The Hall–Kier alpha value is -2.60. The number of para-hydroxylation sites is 1. The summed E-state index contributed by atoms with van der Waals surface area (Å²) in [5.74, 6) is 0.579. The quantitative estimate of drug-likeness (QED) is 0.479. The molecule has 4 rings (SSSR count). The molecule has 2 heterocycles. The van der Waals surface area contributed by atoms with Gasteiger partial charge in [-0.1, -0.05) is 56.3 Å². The van der Waals surface area contributed by atoms with Gasteiger partial charge in [0.25, 0.3) is 11.8 Å². The van der Waals surface area contributed by atoms with Gasteiger partial charge in [-0.3, -0.25) is 9.59 Å².